The Labute approximate surface area is 177 Å². The molecule has 1 heterocycles. The molecule has 1 fully saturated rings. The van der Waals surface area contributed by atoms with Crippen molar-refractivity contribution >= 4 is 17.7 Å². The molecule has 0 radical (unpaired) electrons. The first kappa shape index (κ1) is 21.3. The normalized spacial score (nSPS) is 16.3. The third-order valence-electron chi connectivity index (χ3n) is 5.21. The summed E-state index contributed by atoms with van der Waals surface area (Å²) in [6.45, 7) is 6.32. The van der Waals surface area contributed by atoms with Gasteiger partial charge >= 0.3 is 0 Å². The summed E-state index contributed by atoms with van der Waals surface area (Å²) < 4.78 is 0. The number of rotatable bonds is 7. The molecule has 0 bridgehead atoms. The minimum absolute atomic E-state index is 0.0950. The Kier molecular flexibility index (Phi) is 7.01. The third-order valence-corrected chi connectivity index (χ3v) is 5.21. The summed E-state index contributed by atoms with van der Waals surface area (Å²) in [7, 11) is 0. The van der Waals surface area contributed by atoms with Crippen molar-refractivity contribution in [3.05, 3.63) is 72.8 Å². The highest BCUT2D eigenvalue weighted by atomic mass is 16.2. The van der Waals surface area contributed by atoms with E-state index < -0.39 is 6.04 Å². The number of carbonyl (C=O) groups is 3. The maximum atomic E-state index is 13.1. The molecule has 0 saturated carbocycles. The standard InChI is InChI=1S/C24H27N3O3/c1-3-12-26-13-14-27(23(29)17-25-18(2)28)22(24(26)30)16-19-8-7-11-21(15-19)20-9-5-4-6-10-20/h3-11,15,22H,1,12-14,16-17H2,2H3,(H,25,28)/t22-/m1/s1. The van der Waals surface area contributed by atoms with Gasteiger partial charge in [-0.05, 0) is 16.7 Å². The Morgan fingerprint density at radius 3 is 2.53 bits per heavy atom. The number of piperazine rings is 1. The fraction of sp³-hybridized carbons (Fsp3) is 0.292. The zero-order valence-corrected chi connectivity index (χ0v) is 17.2. The SMILES string of the molecule is C=CCN1CCN(C(=O)CNC(C)=O)[C@H](Cc2cccc(-c3ccccc3)c2)C1=O. The van der Waals surface area contributed by atoms with Crippen LogP contribution < -0.4 is 5.32 Å². The van der Waals surface area contributed by atoms with Crippen LogP contribution in [0.15, 0.2) is 67.3 Å². The Bertz CT molecular complexity index is 926. The van der Waals surface area contributed by atoms with Crippen molar-refractivity contribution in [2.24, 2.45) is 0 Å². The van der Waals surface area contributed by atoms with Gasteiger partial charge < -0.3 is 15.1 Å². The van der Waals surface area contributed by atoms with Crippen LogP contribution in [0.3, 0.4) is 0 Å². The van der Waals surface area contributed by atoms with Gasteiger partial charge in [-0.1, -0.05) is 60.7 Å². The first-order valence-corrected chi connectivity index (χ1v) is 10.1. The second-order valence-corrected chi connectivity index (χ2v) is 7.36. The monoisotopic (exact) mass is 405 g/mol. The van der Waals surface area contributed by atoms with E-state index in [-0.39, 0.29) is 24.3 Å². The van der Waals surface area contributed by atoms with Crippen LogP contribution >= 0.6 is 0 Å². The largest absolute Gasteiger partial charge is 0.347 e. The summed E-state index contributed by atoms with van der Waals surface area (Å²) in [6.07, 6.45) is 2.11. The number of benzene rings is 2. The number of hydrogen-bond donors (Lipinski definition) is 1. The van der Waals surface area contributed by atoms with Crippen molar-refractivity contribution in [3.8, 4) is 11.1 Å². The minimum Gasteiger partial charge on any atom is -0.347 e. The number of nitrogens with zero attached hydrogens (tertiary/aromatic N) is 2. The number of carbonyl (C=O) groups excluding carboxylic acids is 3. The van der Waals surface area contributed by atoms with Crippen molar-refractivity contribution in [2.45, 2.75) is 19.4 Å². The molecule has 0 spiro atoms. The van der Waals surface area contributed by atoms with Crippen LogP contribution in [-0.2, 0) is 20.8 Å². The maximum Gasteiger partial charge on any atom is 0.246 e. The second kappa shape index (κ2) is 9.87. The first-order valence-electron chi connectivity index (χ1n) is 10.1. The zero-order valence-electron chi connectivity index (χ0n) is 17.2. The van der Waals surface area contributed by atoms with Gasteiger partial charge in [0.1, 0.15) is 6.04 Å². The fourth-order valence-electron chi connectivity index (χ4n) is 3.71. The quantitative estimate of drug-likeness (QED) is 0.719. The van der Waals surface area contributed by atoms with Gasteiger partial charge in [-0.25, -0.2) is 0 Å². The molecule has 0 unspecified atom stereocenters. The van der Waals surface area contributed by atoms with Gasteiger partial charge in [-0.3, -0.25) is 14.4 Å². The molecule has 2 aromatic rings. The molecule has 156 valence electrons. The summed E-state index contributed by atoms with van der Waals surface area (Å²) in [5, 5.41) is 2.54. The van der Waals surface area contributed by atoms with Gasteiger partial charge in [0.15, 0.2) is 0 Å². The van der Waals surface area contributed by atoms with Gasteiger partial charge in [0.05, 0.1) is 6.54 Å². The summed E-state index contributed by atoms with van der Waals surface area (Å²) in [5.41, 5.74) is 3.14. The second-order valence-electron chi connectivity index (χ2n) is 7.36. The highest BCUT2D eigenvalue weighted by Crippen LogP contribution is 2.23. The maximum absolute atomic E-state index is 13.1. The highest BCUT2D eigenvalue weighted by molar-refractivity contribution is 5.91. The fourth-order valence-corrected chi connectivity index (χ4v) is 3.71. The Balaban J connectivity index is 1.84. The van der Waals surface area contributed by atoms with E-state index in [9.17, 15) is 14.4 Å². The summed E-state index contributed by atoms with van der Waals surface area (Å²) in [5.74, 6) is -0.615. The van der Waals surface area contributed by atoms with Gasteiger partial charge in [0, 0.05) is 33.0 Å². The van der Waals surface area contributed by atoms with Gasteiger partial charge in [0.25, 0.3) is 0 Å². The topological polar surface area (TPSA) is 69.7 Å². The summed E-state index contributed by atoms with van der Waals surface area (Å²) >= 11 is 0. The van der Waals surface area contributed by atoms with Crippen LogP contribution in [0.2, 0.25) is 0 Å². The summed E-state index contributed by atoms with van der Waals surface area (Å²) in [6, 6.07) is 17.5. The molecule has 6 nitrogen and oxygen atoms in total. The molecular formula is C24H27N3O3. The number of nitrogens with one attached hydrogen (secondary N) is 1. The molecule has 1 aliphatic heterocycles. The van der Waals surface area contributed by atoms with Crippen LogP contribution in [0.25, 0.3) is 11.1 Å². The lowest BCUT2D eigenvalue weighted by Crippen LogP contribution is -2.60. The molecule has 1 saturated heterocycles. The molecule has 30 heavy (non-hydrogen) atoms. The lowest BCUT2D eigenvalue weighted by atomic mass is 9.97. The number of amides is 3. The van der Waals surface area contributed by atoms with E-state index in [0.29, 0.717) is 26.1 Å². The van der Waals surface area contributed by atoms with E-state index >= 15 is 0 Å². The molecule has 2 aromatic carbocycles. The van der Waals surface area contributed by atoms with Crippen LogP contribution in [0, 0.1) is 0 Å². The number of hydrogen-bond acceptors (Lipinski definition) is 3. The van der Waals surface area contributed by atoms with Gasteiger partial charge in [0.2, 0.25) is 17.7 Å². The van der Waals surface area contributed by atoms with Crippen molar-refractivity contribution in [1.82, 2.24) is 15.1 Å². The third kappa shape index (κ3) is 5.14. The van der Waals surface area contributed by atoms with Crippen molar-refractivity contribution in [1.29, 1.82) is 0 Å². The smallest absolute Gasteiger partial charge is 0.246 e. The van der Waals surface area contributed by atoms with E-state index in [1.165, 1.54) is 6.92 Å². The van der Waals surface area contributed by atoms with Crippen molar-refractivity contribution in [3.63, 3.8) is 0 Å². The summed E-state index contributed by atoms with van der Waals surface area (Å²) in [4.78, 5) is 40.4. The Morgan fingerprint density at radius 1 is 1.10 bits per heavy atom. The molecule has 1 aliphatic rings. The van der Waals surface area contributed by atoms with Crippen LogP contribution in [0.4, 0.5) is 0 Å². The molecule has 1 atom stereocenters. The van der Waals surface area contributed by atoms with E-state index in [1.54, 1.807) is 15.9 Å². The Hall–Kier alpha value is -3.41. The molecule has 0 aromatic heterocycles. The predicted octanol–water partition coefficient (Wildman–Crippen LogP) is 2.26. The predicted molar refractivity (Wildman–Crippen MR) is 117 cm³/mol. The van der Waals surface area contributed by atoms with Crippen LogP contribution in [-0.4, -0.2) is 59.7 Å². The van der Waals surface area contributed by atoms with E-state index in [2.05, 4.69) is 18.0 Å². The van der Waals surface area contributed by atoms with Crippen molar-refractivity contribution in [2.75, 3.05) is 26.2 Å². The van der Waals surface area contributed by atoms with E-state index in [1.807, 2.05) is 48.5 Å². The Morgan fingerprint density at radius 2 is 1.83 bits per heavy atom. The van der Waals surface area contributed by atoms with Crippen LogP contribution in [0.1, 0.15) is 12.5 Å². The molecular weight excluding hydrogens is 378 g/mol. The molecule has 3 amide bonds. The van der Waals surface area contributed by atoms with E-state index in [0.717, 1.165) is 16.7 Å². The molecule has 0 aliphatic carbocycles. The highest BCUT2D eigenvalue weighted by Gasteiger charge is 2.36. The molecule has 3 rings (SSSR count). The lowest BCUT2D eigenvalue weighted by molar-refractivity contribution is -0.150. The lowest BCUT2D eigenvalue weighted by Gasteiger charge is -2.40. The molecule has 6 heteroatoms. The minimum atomic E-state index is -0.606. The van der Waals surface area contributed by atoms with Crippen LogP contribution in [0.5, 0.6) is 0 Å². The van der Waals surface area contributed by atoms with Gasteiger partial charge in [-0.2, -0.15) is 0 Å². The van der Waals surface area contributed by atoms with E-state index in [4.69, 9.17) is 0 Å². The van der Waals surface area contributed by atoms with Gasteiger partial charge in [-0.15, -0.1) is 6.58 Å². The first-order chi connectivity index (χ1) is 14.5. The van der Waals surface area contributed by atoms with Crippen molar-refractivity contribution < 1.29 is 14.4 Å². The average molecular weight is 405 g/mol. The zero-order chi connectivity index (χ0) is 21.5. The molecule has 1 N–H and O–H groups in total. The average Bonchev–Trinajstić information content (AvgIpc) is 2.76.